The summed E-state index contributed by atoms with van der Waals surface area (Å²) in [6.45, 7) is 1.39. The summed E-state index contributed by atoms with van der Waals surface area (Å²) in [5, 5.41) is 27.8. The Morgan fingerprint density at radius 1 is 1.53 bits per heavy atom. The Balaban J connectivity index is 2.98. The molecule has 0 fully saturated rings. The molecule has 0 heterocycles. The predicted molar refractivity (Wildman–Crippen MR) is 62.7 cm³/mol. The summed E-state index contributed by atoms with van der Waals surface area (Å²) in [5.41, 5.74) is 0.736. The molecule has 1 aromatic carbocycles. The van der Waals surface area contributed by atoms with Gasteiger partial charge >= 0.3 is 0 Å². The standard InChI is InChI=1S/C12H12ClNO3/c1-7(15)9-3-2-8(6-10(9)13)12(17)11(16)4-5-14/h2-3,6,11-12,16-17H,4H2,1H3. The fraction of sp³-hybridized carbons (Fsp3) is 0.333. The molecule has 4 nitrogen and oxygen atoms in total. The minimum atomic E-state index is -1.19. The van der Waals surface area contributed by atoms with Crippen LogP contribution in [0.5, 0.6) is 0 Å². The van der Waals surface area contributed by atoms with Gasteiger partial charge in [0.2, 0.25) is 0 Å². The minimum Gasteiger partial charge on any atom is -0.389 e. The number of rotatable bonds is 4. The molecule has 0 bridgehead atoms. The van der Waals surface area contributed by atoms with Crippen LogP contribution in [-0.2, 0) is 0 Å². The van der Waals surface area contributed by atoms with Crippen LogP contribution in [0.2, 0.25) is 5.02 Å². The largest absolute Gasteiger partial charge is 0.389 e. The van der Waals surface area contributed by atoms with Gasteiger partial charge in [-0.05, 0) is 24.6 Å². The number of halogens is 1. The van der Waals surface area contributed by atoms with Gasteiger partial charge in [-0.1, -0.05) is 17.7 Å². The van der Waals surface area contributed by atoms with Crippen molar-refractivity contribution >= 4 is 17.4 Å². The minimum absolute atomic E-state index is 0.173. The van der Waals surface area contributed by atoms with Gasteiger partial charge in [-0.15, -0.1) is 0 Å². The Hall–Kier alpha value is -1.41. The van der Waals surface area contributed by atoms with Gasteiger partial charge < -0.3 is 10.2 Å². The first-order chi connectivity index (χ1) is 7.97. The number of aliphatic hydroxyl groups is 2. The Morgan fingerprint density at radius 2 is 2.18 bits per heavy atom. The van der Waals surface area contributed by atoms with E-state index in [4.69, 9.17) is 16.9 Å². The zero-order valence-electron chi connectivity index (χ0n) is 9.22. The smallest absolute Gasteiger partial charge is 0.161 e. The van der Waals surface area contributed by atoms with E-state index < -0.39 is 12.2 Å². The number of nitrogens with zero attached hydrogens (tertiary/aromatic N) is 1. The summed E-state index contributed by atoms with van der Waals surface area (Å²) in [6.07, 6.45) is -2.53. The average molecular weight is 254 g/mol. The highest BCUT2D eigenvalue weighted by Gasteiger charge is 2.19. The summed E-state index contributed by atoms with van der Waals surface area (Å²) in [6, 6.07) is 6.18. The van der Waals surface area contributed by atoms with Crippen LogP contribution in [0.25, 0.3) is 0 Å². The van der Waals surface area contributed by atoms with Crippen LogP contribution in [0.1, 0.15) is 35.4 Å². The molecule has 0 spiro atoms. The number of carbonyl (C=O) groups is 1. The van der Waals surface area contributed by atoms with Crippen LogP contribution in [0.3, 0.4) is 0 Å². The predicted octanol–water partition coefficient (Wildman–Crippen LogP) is 1.85. The van der Waals surface area contributed by atoms with E-state index in [9.17, 15) is 15.0 Å². The number of aliphatic hydroxyl groups excluding tert-OH is 2. The fourth-order valence-electron chi connectivity index (χ4n) is 1.43. The highest BCUT2D eigenvalue weighted by atomic mass is 35.5. The molecule has 1 rings (SSSR count). The van der Waals surface area contributed by atoms with E-state index in [1.165, 1.54) is 25.1 Å². The molecule has 0 aliphatic carbocycles. The van der Waals surface area contributed by atoms with Crippen molar-refractivity contribution in [2.24, 2.45) is 0 Å². The van der Waals surface area contributed by atoms with Crippen molar-refractivity contribution in [3.63, 3.8) is 0 Å². The van der Waals surface area contributed by atoms with Crippen LogP contribution in [-0.4, -0.2) is 22.1 Å². The van der Waals surface area contributed by atoms with E-state index in [2.05, 4.69) is 0 Å². The van der Waals surface area contributed by atoms with Crippen molar-refractivity contribution in [3.8, 4) is 6.07 Å². The van der Waals surface area contributed by atoms with Crippen LogP contribution in [0, 0.1) is 11.3 Å². The van der Waals surface area contributed by atoms with E-state index in [0.29, 0.717) is 11.1 Å². The lowest BCUT2D eigenvalue weighted by molar-refractivity contribution is 0.0216. The maximum Gasteiger partial charge on any atom is 0.161 e. The Morgan fingerprint density at radius 3 is 2.65 bits per heavy atom. The number of benzene rings is 1. The molecule has 2 atom stereocenters. The lowest BCUT2D eigenvalue weighted by atomic mass is 10.0. The second-order valence-corrected chi connectivity index (χ2v) is 4.08. The maximum absolute atomic E-state index is 11.1. The molecule has 0 radical (unpaired) electrons. The first-order valence-electron chi connectivity index (χ1n) is 5.00. The molecule has 1 aromatic rings. The Kier molecular flexibility index (Phi) is 4.64. The van der Waals surface area contributed by atoms with Crippen molar-refractivity contribution in [2.45, 2.75) is 25.6 Å². The lowest BCUT2D eigenvalue weighted by Crippen LogP contribution is -2.17. The molecule has 0 aromatic heterocycles. The van der Waals surface area contributed by atoms with Gasteiger partial charge in [0.15, 0.2) is 5.78 Å². The van der Waals surface area contributed by atoms with E-state index in [1.807, 2.05) is 0 Å². The molecule has 2 unspecified atom stereocenters. The van der Waals surface area contributed by atoms with Gasteiger partial charge in [-0.2, -0.15) is 5.26 Å². The zero-order chi connectivity index (χ0) is 13.0. The molecular weight excluding hydrogens is 242 g/mol. The van der Waals surface area contributed by atoms with Crippen molar-refractivity contribution in [1.82, 2.24) is 0 Å². The second-order valence-electron chi connectivity index (χ2n) is 3.67. The molecular formula is C12H12ClNO3. The van der Waals surface area contributed by atoms with Gasteiger partial charge in [-0.3, -0.25) is 4.79 Å². The van der Waals surface area contributed by atoms with Crippen molar-refractivity contribution in [3.05, 3.63) is 34.3 Å². The van der Waals surface area contributed by atoms with Gasteiger partial charge in [0.1, 0.15) is 6.10 Å². The fourth-order valence-corrected chi connectivity index (χ4v) is 1.75. The zero-order valence-corrected chi connectivity index (χ0v) is 9.98. The third-order valence-electron chi connectivity index (χ3n) is 2.38. The normalized spacial score (nSPS) is 13.8. The van der Waals surface area contributed by atoms with Crippen LogP contribution < -0.4 is 0 Å². The summed E-state index contributed by atoms with van der Waals surface area (Å²) >= 11 is 5.87. The third kappa shape index (κ3) is 3.27. The summed E-state index contributed by atoms with van der Waals surface area (Å²) in [7, 11) is 0. The van der Waals surface area contributed by atoms with Crippen molar-refractivity contribution < 1.29 is 15.0 Å². The van der Waals surface area contributed by atoms with Crippen LogP contribution in [0.4, 0.5) is 0 Å². The van der Waals surface area contributed by atoms with E-state index in [0.717, 1.165) is 0 Å². The maximum atomic E-state index is 11.1. The first-order valence-corrected chi connectivity index (χ1v) is 5.38. The summed E-state index contributed by atoms with van der Waals surface area (Å²) < 4.78 is 0. The number of ketones is 1. The highest BCUT2D eigenvalue weighted by molar-refractivity contribution is 6.33. The van der Waals surface area contributed by atoms with Crippen LogP contribution >= 0.6 is 11.6 Å². The molecule has 0 aliphatic heterocycles. The molecule has 2 N–H and O–H groups in total. The number of carbonyl (C=O) groups excluding carboxylic acids is 1. The highest BCUT2D eigenvalue weighted by Crippen LogP contribution is 2.25. The molecule has 0 saturated carbocycles. The first kappa shape index (κ1) is 13.7. The quantitative estimate of drug-likeness (QED) is 0.803. The van der Waals surface area contributed by atoms with E-state index in [1.54, 1.807) is 6.07 Å². The number of nitriles is 1. The summed E-state index contributed by atoms with van der Waals surface area (Å²) in [4.78, 5) is 11.1. The molecule has 17 heavy (non-hydrogen) atoms. The Labute approximate surface area is 104 Å². The van der Waals surface area contributed by atoms with Crippen molar-refractivity contribution in [2.75, 3.05) is 0 Å². The van der Waals surface area contributed by atoms with E-state index >= 15 is 0 Å². The van der Waals surface area contributed by atoms with Gasteiger partial charge in [0.05, 0.1) is 23.6 Å². The van der Waals surface area contributed by atoms with Gasteiger partial charge in [0.25, 0.3) is 0 Å². The monoisotopic (exact) mass is 253 g/mol. The second kappa shape index (κ2) is 5.78. The number of hydrogen-bond acceptors (Lipinski definition) is 4. The third-order valence-corrected chi connectivity index (χ3v) is 2.69. The summed E-state index contributed by atoms with van der Waals surface area (Å²) in [5.74, 6) is -0.173. The van der Waals surface area contributed by atoms with Gasteiger partial charge in [0, 0.05) is 5.56 Å². The molecule has 0 amide bonds. The molecule has 0 saturated heterocycles. The topological polar surface area (TPSA) is 81.3 Å². The number of hydrogen-bond donors (Lipinski definition) is 2. The Bertz CT molecular complexity index is 467. The average Bonchev–Trinajstić information content (AvgIpc) is 2.27. The van der Waals surface area contributed by atoms with Gasteiger partial charge in [-0.25, -0.2) is 0 Å². The molecule has 5 heteroatoms. The number of Topliss-reactive ketones (excluding diaryl/α,β-unsaturated/α-hetero) is 1. The molecule has 0 aliphatic rings. The van der Waals surface area contributed by atoms with Crippen LogP contribution in [0.15, 0.2) is 18.2 Å². The van der Waals surface area contributed by atoms with E-state index in [-0.39, 0.29) is 17.2 Å². The lowest BCUT2D eigenvalue weighted by Gasteiger charge is -2.16. The SMILES string of the molecule is CC(=O)c1ccc(C(O)C(O)CC#N)cc1Cl. The van der Waals surface area contributed by atoms with Crippen molar-refractivity contribution in [1.29, 1.82) is 5.26 Å². The molecule has 90 valence electrons.